The molecule has 3 aromatic rings. The first-order valence-corrected chi connectivity index (χ1v) is 9.33. The van der Waals surface area contributed by atoms with E-state index in [1.54, 1.807) is 23.9 Å². The van der Waals surface area contributed by atoms with Crippen molar-refractivity contribution in [2.75, 3.05) is 5.32 Å². The summed E-state index contributed by atoms with van der Waals surface area (Å²) in [5.41, 5.74) is 3.99. The number of hydrogen-bond donors (Lipinski definition) is 1. The largest absolute Gasteiger partial charge is 0.319 e. The number of carbonyl (C=O) groups is 2. The molecule has 1 atom stereocenters. The van der Waals surface area contributed by atoms with Gasteiger partial charge in [0, 0.05) is 18.7 Å². The van der Waals surface area contributed by atoms with E-state index in [0.717, 1.165) is 16.8 Å². The van der Waals surface area contributed by atoms with Crippen LogP contribution < -0.4 is 5.32 Å². The predicted molar refractivity (Wildman–Crippen MR) is 109 cm³/mol. The van der Waals surface area contributed by atoms with Gasteiger partial charge in [0.25, 0.3) is 5.91 Å². The maximum absolute atomic E-state index is 13.1. The molecule has 2 heterocycles. The second-order valence-electron chi connectivity index (χ2n) is 6.77. The van der Waals surface area contributed by atoms with Crippen LogP contribution in [0, 0.1) is 13.8 Å². The normalized spacial score (nSPS) is 11.9. The fourth-order valence-electron chi connectivity index (χ4n) is 3.11. The monoisotopic (exact) mass is 376 g/mol. The Labute approximate surface area is 164 Å². The Bertz CT molecular complexity index is 988. The lowest BCUT2D eigenvalue weighted by molar-refractivity contribution is 0.0980. The number of benzene rings is 1. The van der Waals surface area contributed by atoms with Crippen molar-refractivity contribution in [3.63, 3.8) is 0 Å². The van der Waals surface area contributed by atoms with E-state index in [1.165, 1.54) is 0 Å². The van der Waals surface area contributed by atoms with E-state index in [9.17, 15) is 9.59 Å². The van der Waals surface area contributed by atoms with Crippen LogP contribution in [0.25, 0.3) is 0 Å². The number of hydrogen-bond acceptors (Lipinski definition) is 4. The summed E-state index contributed by atoms with van der Waals surface area (Å²) in [6.45, 7) is 7.50. The predicted octanol–water partition coefficient (Wildman–Crippen LogP) is 4.35. The topological polar surface area (TPSA) is 76.9 Å². The van der Waals surface area contributed by atoms with Crippen molar-refractivity contribution in [3.8, 4) is 0 Å². The number of rotatable bonds is 6. The molecule has 0 aliphatic heterocycles. The number of amides is 1. The Hall–Kier alpha value is -3.28. The van der Waals surface area contributed by atoms with Crippen molar-refractivity contribution in [3.05, 3.63) is 76.9 Å². The summed E-state index contributed by atoms with van der Waals surface area (Å²) in [5.74, 6) is -0.411. The van der Waals surface area contributed by atoms with Crippen molar-refractivity contribution in [2.24, 2.45) is 0 Å². The van der Waals surface area contributed by atoms with Gasteiger partial charge in [0.2, 0.25) is 0 Å². The molecular weight excluding hydrogens is 352 g/mol. The van der Waals surface area contributed by atoms with Gasteiger partial charge in [-0.25, -0.2) is 0 Å². The molecule has 0 bridgehead atoms. The number of aryl methyl sites for hydroxylation is 2. The number of carbonyl (C=O) groups excluding carboxylic acids is 2. The van der Waals surface area contributed by atoms with Gasteiger partial charge in [-0.2, -0.15) is 5.10 Å². The number of Topliss-reactive ketones (excluding diaryl/α,β-unsaturated/α-hetero) is 1. The molecule has 0 aliphatic rings. The third-order valence-electron chi connectivity index (χ3n) is 4.81. The zero-order valence-electron chi connectivity index (χ0n) is 16.6. The van der Waals surface area contributed by atoms with E-state index >= 15 is 0 Å². The molecule has 1 aromatic carbocycles. The Morgan fingerprint density at radius 2 is 1.86 bits per heavy atom. The summed E-state index contributed by atoms with van der Waals surface area (Å²) in [5, 5.41) is 7.39. The first kappa shape index (κ1) is 19.5. The molecule has 0 radical (unpaired) electrons. The molecule has 144 valence electrons. The van der Waals surface area contributed by atoms with Gasteiger partial charge in [0.05, 0.1) is 17.4 Å². The quantitative estimate of drug-likeness (QED) is 0.649. The van der Waals surface area contributed by atoms with Crippen molar-refractivity contribution in [2.45, 2.75) is 40.2 Å². The minimum Gasteiger partial charge on any atom is -0.319 e. The molecule has 6 nitrogen and oxygen atoms in total. The van der Waals surface area contributed by atoms with Crippen LogP contribution in [-0.4, -0.2) is 26.5 Å². The zero-order valence-corrected chi connectivity index (χ0v) is 16.6. The lowest BCUT2D eigenvalue weighted by atomic mass is 10.1. The summed E-state index contributed by atoms with van der Waals surface area (Å²) < 4.78 is 1.62. The Kier molecular flexibility index (Phi) is 5.68. The summed E-state index contributed by atoms with van der Waals surface area (Å²) >= 11 is 0. The molecule has 0 saturated heterocycles. The van der Waals surface area contributed by atoms with Crippen LogP contribution in [0.15, 0.2) is 48.7 Å². The Morgan fingerprint density at radius 3 is 2.50 bits per heavy atom. The molecule has 1 amide bonds. The van der Waals surface area contributed by atoms with Crippen LogP contribution in [0.3, 0.4) is 0 Å². The Balaban J connectivity index is 2.02. The molecule has 0 saturated carbocycles. The molecular formula is C22H24N4O2. The molecule has 0 fully saturated rings. The van der Waals surface area contributed by atoms with Gasteiger partial charge in [-0.1, -0.05) is 37.3 Å². The van der Waals surface area contributed by atoms with Crippen LogP contribution in [0.5, 0.6) is 0 Å². The fourth-order valence-corrected chi connectivity index (χ4v) is 3.11. The van der Waals surface area contributed by atoms with E-state index in [1.807, 2.05) is 57.2 Å². The third kappa shape index (κ3) is 3.86. The zero-order chi connectivity index (χ0) is 20.3. The van der Waals surface area contributed by atoms with E-state index < -0.39 is 0 Å². The van der Waals surface area contributed by atoms with Gasteiger partial charge >= 0.3 is 0 Å². The smallest absolute Gasteiger partial charge is 0.274 e. The average Bonchev–Trinajstić information content (AvgIpc) is 3.16. The highest BCUT2D eigenvalue weighted by atomic mass is 16.2. The Morgan fingerprint density at radius 1 is 1.14 bits per heavy atom. The highest BCUT2D eigenvalue weighted by Gasteiger charge is 2.23. The van der Waals surface area contributed by atoms with Crippen LogP contribution in [0.2, 0.25) is 0 Å². The molecule has 28 heavy (non-hydrogen) atoms. The minimum absolute atomic E-state index is 0.0956. The van der Waals surface area contributed by atoms with Crippen LogP contribution in [0.1, 0.15) is 64.1 Å². The van der Waals surface area contributed by atoms with Crippen LogP contribution >= 0.6 is 0 Å². The van der Waals surface area contributed by atoms with Crippen LogP contribution in [-0.2, 0) is 0 Å². The third-order valence-corrected chi connectivity index (χ3v) is 4.81. The van der Waals surface area contributed by atoms with Crippen molar-refractivity contribution in [1.82, 2.24) is 14.8 Å². The summed E-state index contributed by atoms with van der Waals surface area (Å²) in [6.07, 6.45) is 2.04. The van der Waals surface area contributed by atoms with E-state index in [4.69, 9.17) is 0 Å². The fraction of sp³-hybridized carbons (Fsp3) is 0.273. The average molecular weight is 376 g/mol. The molecule has 3 rings (SSSR count). The number of nitrogens with zero attached hydrogens (tertiary/aromatic N) is 3. The number of ketones is 1. The van der Waals surface area contributed by atoms with Crippen LogP contribution in [0.4, 0.5) is 5.69 Å². The second-order valence-corrected chi connectivity index (χ2v) is 6.77. The van der Waals surface area contributed by atoms with Gasteiger partial charge < -0.3 is 5.32 Å². The molecule has 0 aliphatic carbocycles. The molecule has 1 N–H and O–H groups in total. The second kappa shape index (κ2) is 8.17. The molecule has 0 spiro atoms. The van der Waals surface area contributed by atoms with Gasteiger partial charge in [0.1, 0.15) is 11.4 Å². The number of anilines is 1. The highest BCUT2D eigenvalue weighted by molar-refractivity contribution is 6.05. The number of pyridine rings is 1. The highest BCUT2D eigenvalue weighted by Crippen LogP contribution is 2.23. The first-order chi connectivity index (χ1) is 13.4. The summed E-state index contributed by atoms with van der Waals surface area (Å²) in [6, 6.07) is 13.0. The standard InChI is InChI=1S/C22H24N4O2/c1-5-20(27)18-13-19(22(28)24-21-14(2)11-12-23-15(21)3)26(25-18)16(4)17-9-7-6-8-10-17/h6-13,16H,5H2,1-4H3,(H,24,28)/t16-/m0/s1. The summed E-state index contributed by atoms with van der Waals surface area (Å²) in [4.78, 5) is 29.5. The number of aromatic nitrogens is 3. The molecule has 6 heteroatoms. The van der Waals surface area contributed by atoms with Gasteiger partial charge in [-0.15, -0.1) is 0 Å². The van der Waals surface area contributed by atoms with E-state index in [-0.39, 0.29) is 17.7 Å². The molecule has 0 unspecified atom stereocenters. The van der Waals surface area contributed by atoms with Crippen molar-refractivity contribution in [1.29, 1.82) is 0 Å². The maximum atomic E-state index is 13.1. The van der Waals surface area contributed by atoms with Gasteiger partial charge in [-0.3, -0.25) is 19.3 Å². The van der Waals surface area contributed by atoms with Crippen molar-refractivity contribution < 1.29 is 9.59 Å². The SMILES string of the molecule is CCC(=O)c1cc(C(=O)Nc2c(C)ccnc2C)n([C@@H](C)c2ccccc2)n1. The maximum Gasteiger partial charge on any atom is 0.274 e. The van der Waals surface area contributed by atoms with E-state index in [0.29, 0.717) is 23.5 Å². The summed E-state index contributed by atoms with van der Waals surface area (Å²) in [7, 11) is 0. The molecule has 2 aromatic heterocycles. The van der Waals surface area contributed by atoms with Crippen molar-refractivity contribution >= 4 is 17.4 Å². The lowest BCUT2D eigenvalue weighted by Gasteiger charge is -2.17. The van der Waals surface area contributed by atoms with E-state index in [2.05, 4.69) is 15.4 Å². The van der Waals surface area contributed by atoms with Gasteiger partial charge in [0.15, 0.2) is 5.78 Å². The van der Waals surface area contributed by atoms with Gasteiger partial charge in [-0.05, 0) is 38.0 Å². The minimum atomic E-state index is -0.315. The number of nitrogens with one attached hydrogen (secondary N) is 1. The lowest BCUT2D eigenvalue weighted by Crippen LogP contribution is -2.21. The first-order valence-electron chi connectivity index (χ1n) is 9.33.